The lowest BCUT2D eigenvalue weighted by Crippen LogP contribution is -2.45. The van der Waals surface area contributed by atoms with Gasteiger partial charge < -0.3 is 9.47 Å². The van der Waals surface area contributed by atoms with E-state index in [4.69, 9.17) is 9.47 Å². The third-order valence-electron chi connectivity index (χ3n) is 5.04. The van der Waals surface area contributed by atoms with E-state index < -0.39 is 29.3 Å². The largest absolute Gasteiger partial charge is 0.467 e. The summed E-state index contributed by atoms with van der Waals surface area (Å²) in [5.41, 5.74) is -0.0832. The fraction of sp³-hybridized carbons (Fsp3) is 0.238. The quantitative estimate of drug-likeness (QED) is 0.413. The van der Waals surface area contributed by atoms with Crippen molar-refractivity contribution in [3.05, 3.63) is 71.3 Å². The van der Waals surface area contributed by atoms with Crippen LogP contribution in [0.15, 0.2) is 54.6 Å². The minimum absolute atomic E-state index is 0.0315. The number of carbonyl (C=O) groups is 4. The Bertz CT molecular complexity index is 970. The minimum Gasteiger partial charge on any atom is -0.467 e. The fourth-order valence-corrected chi connectivity index (χ4v) is 3.42. The molecule has 0 aromatic heterocycles. The molecule has 148 valence electrons. The fourth-order valence-electron chi connectivity index (χ4n) is 3.42. The van der Waals surface area contributed by atoms with E-state index in [1.807, 2.05) is 18.2 Å². The molecule has 0 bridgehead atoms. The van der Waals surface area contributed by atoms with E-state index in [1.54, 1.807) is 36.4 Å². The van der Waals surface area contributed by atoms with Crippen LogP contribution in [-0.2, 0) is 25.5 Å². The smallest absolute Gasteiger partial charge is 0.333 e. The van der Waals surface area contributed by atoms with Gasteiger partial charge in [0.1, 0.15) is 6.61 Å². The van der Waals surface area contributed by atoms with Crippen molar-refractivity contribution < 1.29 is 28.7 Å². The monoisotopic (exact) mass is 394 g/mol. The number of carbonyl (C=O) groups excluding carboxylic acids is 4. The zero-order valence-corrected chi connectivity index (χ0v) is 15.7. The Morgan fingerprint density at radius 3 is 2.14 bits per heavy atom. The molecule has 2 amide bonds. The standard InChI is InChI=1S/C21H18N2O6/c1-28-20(27)21(13-29-17(24)11-14-7-3-2-4-8-14)12-22(21)23-18(25)15-9-5-6-10-16(15)19(23)26/h2-10H,11-13H2,1H3. The van der Waals surface area contributed by atoms with Gasteiger partial charge in [0.25, 0.3) is 11.8 Å². The summed E-state index contributed by atoms with van der Waals surface area (Å²) in [4.78, 5) is 49.9. The van der Waals surface area contributed by atoms with Crippen LogP contribution in [0.4, 0.5) is 0 Å². The molecule has 0 spiro atoms. The summed E-state index contributed by atoms with van der Waals surface area (Å²) in [6, 6.07) is 15.5. The van der Waals surface area contributed by atoms with Crippen molar-refractivity contribution in [2.24, 2.45) is 0 Å². The highest BCUT2D eigenvalue weighted by molar-refractivity contribution is 6.21. The van der Waals surface area contributed by atoms with Crippen molar-refractivity contribution in [1.29, 1.82) is 0 Å². The van der Waals surface area contributed by atoms with Crippen LogP contribution < -0.4 is 0 Å². The highest BCUT2D eigenvalue weighted by Gasteiger charge is 2.66. The average molecular weight is 394 g/mol. The number of rotatable bonds is 6. The minimum atomic E-state index is -1.39. The highest BCUT2D eigenvalue weighted by Crippen LogP contribution is 2.40. The maximum Gasteiger partial charge on any atom is 0.333 e. The number of hydrogen-bond acceptors (Lipinski definition) is 7. The Balaban J connectivity index is 1.49. The molecule has 1 saturated heterocycles. The molecular weight excluding hydrogens is 376 g/mol. The molecule has 2 aliphatic rings. The molecule has 2 heterocycles. The van der Waals surface area contributed by atoms with Crippen molar-refractivity contribution in [3.63, 3.8) is 0 Å². The van der Waals surface area contributed by atoms with Gasteiger partial charge in [-0.25, -0.2) is 9.80 Å². The number of methoxy groups -OCH3 is 1. The molecule has 0 N–H and O–H groups in total. The van der Waals surface area contributed by atoms with Crippen molar-refractivity contribution in [3.8, 4) is 0 Å². The molecule has 1 fully saturated rings. The van der Waals surface area contributed by atoms with E-state index in [0.717, 1.165) is 10.6 Å². The summed E-state index contributed by atoms with van der Waals surface area (Å²) in [6.45, 7) is -0.289. The molecule has 2 unspecified atom stereocenters. The second-order valence-corrected chi connectivity index (χ2v) is 6.87. The van der Waals surface area contributed by atoms with Gasteiger partial charge in [0, 0.05) is 0 Å². The van der Waals surface area contributed by atoms with Crippen molar-refractivity contribution in [2.75, 3.05) is 20.3 Å². The van der Waals surface area contributed by atoms with Gasteiger partial charge in [-0.3, -0.25) is 14.4 Å². The number of ether oxygens (including phenoxy) is 2. The number of nitrogens with zero attached hydrogens (tertiary/aromatic N) is 2. The Morgan fingerprint density at radius 1 is 0.966 bits per heavy atom. The highest BCUT2D eigenvalue weighted by atomic mass is 16.6. The van der Waals surface area contributed by atoms with Crippen LogP contribution in [0, 0.1) is 0 Å². The molecule has 2 aliphatic heterocycles. The summed E-state index contributed by atoms with van der Waals surface area (Å²) in [7, 11) is 1.20. The van der Waals surface area contributed by atoms with Crippen LogP contribution >= 0.6 is 0 Å². The number of imide groups is 1. The number of hydrazine groups is 1. The summed E-state index contributed by atoms with van der Waals surface area (Å²) < 4.78 is 10.1. The van der Waals surface area contributed by atoms with Gasteiger partial charge in [0.05, 0.1) is 31.2 Å². The lowest BCUT2D eigenvalue weighted by atomic mass is 10.1. The molecule has 0 radical (unpaired) electrons. The predicted octanol–water partition coefficient (Wildman–Crippen LogP) is 1.21. The molecule has 2 aromatic carbocycles. The van der Waals surface area contributed by atoms with Crippen LogP contribution in [-0.4, -0.2) is 59.6 Å². The summed E-state index contributed by atoms with van der Waals surface area (Å²) in [5, 5.41) is 2.21. The maximum absolute atomic E-state index is 12.7. The Morgan fingerprint density at radius 2 is 1.55 bits per heavy atom. The Hall–Kier alpha value is -3.52. The second kappa shape index (κ2) is 7.14. The third-order valence-corrected chi connectivity index (χ3v) is 5.04. The van der Waals surface area contributed by atoms with Crippen LogP contribution in [0.1, 0.15) is 26.3 Å². The van der Waals surface area contributed by atoms with E-state index >= 15 is 0 Å². The van der Waals surface area contributed by atoms with E-state index in [1.165, 1.54) is 12.1 Å². The summed E-state index contributed by atoms with van der Waals surface area (Å²) in [6.07, 6.45) is 0.0467. The van der Waals surface area contributed by atoms with Gasteiger partial charge in [-0.2, -0.15) is 5.01 Å². The lowest BCUT2D eigenvalue weighted by molar-refractivity contribution is -0.153. The van der Waals surface area contributed by atoms with Crippen molar-refractivity contribution in [1.82, 2.24) is 10.0 Å². The van der Waals surface area contributed by atoms with Gasteiger partial charge in [0.15, 0.2) is 5.54 Å². The van der Waals surface area contributed by atoms with E-state index in [0.29, 0.717) is 0 Å². The molecule has 2 aromatic rings. The SMILES string of the molecule is COC(=O)C1(COC(=O)Cc2ccccc2)CN1N1C(=O)c2ccccc2C1=O. The van der Waals surface area contributed by atoms with Crippen LogP contribution in [0.2, 0.25) is 0 Å². The molecular formula is C21H18N2O6. The van der Waals surface area contributed by atoms with Gasteiger partial charge >= 0.3 is 11.9 Å². The average Bonchev–Trinajstić information content (AvgIpc) is 3.41. The van der Waals surface area contributed by atoms with E-state index in [-0.39, 0.29) is 30.7 Å². The number of hydrogen-bond donors (Lipinski definition) is 0. The second-order valence-electron chi connectivity index (χ2n) is 6.87. The van der Waals surface area contributed by atoms with E-state index in [9.17, 15) is 19.2 Å². The van der Waals surface area contributed by atoms with Crippen LogP contribution in [0.25, 0.3) is 0 Å². The first-order valence-electron chi connectivity index (χ1n) is 9.01. The normalized spacial score (nSPS) is 22.2. The summed E-state index contributed by atoms with van der Waals surface area (Å²) >= 11 is 0. The molecule has 8 nitrogen and oxygen atoms in total. The molecule has 8 heteroatoms. The molecule has 0 aliphatic carbocycles. The molecule has 2 atom stereocenters. The molecule has 29 heavy (non-hydrogen) atoms. The van der Waals surface area contributed by atoms with Gasteiger partial charge in [-0.05, 0) is 17.7 Å². The van der Waals surface area contributed by atoms with Gasteiger partial charge in [-0.15, -0.1) is 0 Å². The first kappa shape index (κ1) is 18.8. The topological polar surface area (TPSA) is 93.0 Å². The lowest BCUT2D eigenvalue weighted by Gasteiger charge is -2.21. The van der Waals surface area contributed by atoms with Crippen LogP contribution in [0.5, 0.6) is 0 Å². The maximum atomic E-state index is 12.7. The van der Waals surface area contributed by atoms with Gasteiger partial charge in [-0.1, -0.05) is 42.5 Å². The third kappa shape index (κ3) is 3.17. The zero-order chi connectivity index (χ0) is 20.6. The van der Waals surface area contributed by atoms with Gasteiger partial charge in [0.2, 0.25) is 0 Å². The number of amides is 2. The Labute approximate surface area is 166 Å². The first-order valence-corrected chi connectivity index (χ1v) is 9.01. The first-order chi connectivity index (χ1) is 14.0. The molecule has 0 saturated carbocycles. The number of benzene rings is 2. The molecule has 4 rings (SSSR count). The van der Waals surface area contributed by atoms with E-state index in [2.05, 4.69) is 0 Å². The van der Waals surface area contributed by atoms with Crippen molar-refractivity contribution in [2.45, 2.75) is 12.0 Å². The predicted molar refractivity (Wildman–Crippen MR) is 99.5 cm³/mol. The van der Waals surface area contributed by atoms with Crippen molar-refractivity contribution >= 4 is 23.8 Å². The number of fused-ring (bicyclic) bond motifs is 1. The number of esters is 2. The zero-order valence-electron chi connectivity index (χ0n) is 15.7. The Kier molecular flexibility index (Phi) is 4.63. The van der Waals surface area contributed by atoms with Crippen LogP contribution in [0.3, 0.4) is 0 Å². The summed E-state index contributed by atoms with van der Waals surface area (Å²) in [5.74, 6) is -2.24.